The van der Waals surface area contributed by atoms with E-state index in [1.54, 1.807) is 10.6 Å². The minimum atomic E-state index is -0.129. The van der Waals surface area contributed by atoms with Crippen molar-refractivity contribution in [2.45, 2.75) is 13.0 Å². The topological polar surface area (TPSA) is 47.5 Å². The van der Waals surface area contributed by atoms with Crippen molar-refractivity contribution < 1.29 is 0 Å². The fourth-order valence-electron chi connectivity index (χ4n) is 2.47. The molecule has 2 aromatic heterocycles. The van der Waals surface area contributed by atoms with Crippen LogP contribution in [0.4, 0.5) is 0 Å². The second-order valence-electron chi connectivity index (χ2n) is 4.93. The number of pyridine rings is 2. The van der Waals surface area contributed by atoms with Gasteiger partial charge >= 0.3 is 0 Å². The SMILES string of the molecule is CC(N)c1cc(-c2ccccc2)c(=O)n2ccccc12. The molecule has 0 radical (unpaired) electrons. The van der Waals surface area contributed by atoms with Gasteiger partial charge in [0.25, 0.3) is 5.56 Å². The Morgan fingerprint density at radius 2 is 1.75 bits per heavy atom. The van der Waals surface area contributed by atoms with Crippen molar-refractivity contribution in [3.8, 4) is 11.1 Å². The minimum absolute atomic E-state index is 0.0174. The number of rotatable bonds is 2. The molecule has 1 aromatic carbocycles. The predicted octanol–water partition coefficient (Wildman–Crippen LogP) is 2.99. The molecule has 0 amide bonds. The fraction of sp³-hybridized carbons (Fsp3) is 0.118. The van der Waals surface area contributed by atoms with Gasteiger partial charge in [0.15, 0.2) is 0 Å². The van der Waals surface area contributed by atoms with E-state index in [4.69, 9.17) is 5.73 Å². The van der Waals surface area contributed by atoms with E-state index in [2.05, 4.69) is 0 Å². The summed E-state index contributed by atoms with van der Waals surface area (Å²) in [6.07, 6.45) is 1.79. The third kappa shape index (κ3) is 2.02. The summed E-state index contributed by atoms with van der Waals surface area (Å²) in [5.74, 6) is 0. The van der Waals surface area contributed by atoms with Gasteiger partial charge in [-0.15, -0.1) is 0 Å². The van der Waals surface area contributed by atoms with Crippen LogP contribution in [0.5, 0.6) is 0 Å². The summed E-state index contributed by atoms with van der Waals surface area (Å²) in [6, 6.07) is 17.2. The molecule has 2 N–H and O–H groups in total. The lowest BCUT2D eigenvalue weighted by Gasteiger charge is -2.13. The van der Waals surface area contributed by atoms with Gasteiger partial charge in [-0.25, -0.2) is 0 Å². The highest BCUT2D eigenvalue weighted by Crippen LogP contribution is 2.22. The molecule has 0 bridgehead atoms. The van der Waals surface area contributed by atoms with Gasteiger partial charge in [0.05, 0.1) is 5.52 Å². The van der Waals surface area contributed by atoms with Crippen LogP contribution in [-0.2, 0) is 0 Å². The van der Waals surface area contributed by atoms with E-state index in [1.807, 2.05) is 61.5 Å². The van der Waals surface area contributed by atoms with Crippen LogP contribution in [0.25, 0.3) is 16.6 Å². The van der Waals surface area contributed by atoms with Crippen LogP contribution in [-0.4, -0.2) is 4.40 Å². The number of nitrogens with two attached hydrogens (primary N) is 1. The zero-order valence-corrected chi connectivity index (χ0v) is 11.3. The molecule has 0 saturated heterocycles. The van der Waals surface area contributed by atoms with Crippen molar-refractivity contribution in [2.24, 2.45) is 5.73 Å². The summed E-state index contributed by atoms with van der Waals surface area (Å²) in [5.41, 5.74) is 9.48. The standard InChI is InChI=1S/C17H16N2O/c1-12(18)14-11-15(13-7-3-2-4-8-13)17(20)19-10-6-5-9-16(14)19/h2-12H,18H2,1H3. The smallest absolute Gasteiger partial charge is 0.262 e. The summed E-state index contributed by atoms with van der Waals surface area (Å²) in [6.45, 7) is 1.93. The van der Waals surface area contributed by atoms with Crippen LogP contribution < -0.4 is 11.3 Å². The van der Waals surface area contributed by atoms with Crippen molar-refractivity contribution >= 4 is 5.52 Å². The Labute approximate surface area is 117 Å². The fourth-order valence-corrected chi connectivity index (χ4v) is 2.47. The van der Waals surface area contributed by atoms with Crippen LogP contribution in [0.2, 0.25) is 0 Å². The number of fused-ring (bicyclic) bond motifs is 1. The average Bonchev–Trinajstić information content (AvgIpc) is 2.48. The number of benzene rings is 1. The molecule has 1 unspecified atom stereocenters. The van der Waals surface area contributed by atoms with Gasteiger partial charge in [-0.1, -0.05) is 36.4 Å². The maximum Gasteiger partial charge on any atom is 0.262 e. The molecule has 2 heterocycles. The van der Waals surface area contributed by atoms with E-state index >= 15 is 0 Å². The number of aromatic nitrogens is 1. The summed E-state index contributed by atoms with van der Waals surface area (Å²) >= 11 is 0. The molecule has 0 saturated carbocycles. The maximum absolute atomic E-state index is 12.6. The van der Waals surface area contributed by atoms with Gasteiger partial charge < -0.3 is 5.73 Å². The molecule has 100 valence electrons. The molecule has 20 heavy (non-hydrogen) atoms. The van der Waals surface area contributed by atoms with Gasteiger partial charge in [-0.2, -0.15) is 0 Å². The Morgan fingerprint density at radius 1 is 1.05 bits per heavy atom. The third-order valence-electron chi connectivity index (χ3n) is 3.48. The first-order valence-corrected chi connectivity index (χ1v) is 6.64. The summed E-state index contributed by atoms with van der Waals surface area (Å²) in [5, 5.41) is 0. The summed E-state index contributed by atoms with van der Waals surface area (Å²) < 4.78 is 1.67. The Hall–Kier alpha value is -2.39. The lowest BCUT2D eigenvalue weighted by molar-refractivity contribution is 0.816. The van der Waals surface area contributed by atoms with Gasteiger partial charge in [-0.3, -0.25) is 9.20 Å². The van der Waals surface area contributed by atoms with E-state index in [0.29, 0.717) is 5.56 Å². The lowest BCUT2D eigenvalue weighted by Crippen LogP contribution is -2.19. The van der Waals surface area contributed by atoms with Crippen molar-refractivity contribution in [3.63, 3.8) is 0 Å². The maximum atomic E-state index is 12.6. The lowest BCUT2D eigenvalue weighted by atomic mass is 10.0. The summed E-state index contributed by atoms with van der Waals surface area (Å²) in [4.78, 5) is 12.6. The largest absolute Gasteiger partial charge is 0.324 e. The van der Waals surface area contributed by atoms with Gasteiger partial charge in [0.1, 0.15) is 0 Å². The van der Waals surface area contributed by atoms with E-state index in [0.717, 1.165) is 16.6 Å². The van der Waals surface area contributed by atoms with Crippen LogP contribution in [0.3, 0.4) is 0 Å². The Kier molecular flexibility index (Phi) is 3.12. The van der Waals surface area contributed by atoms with Crippen LogP contribution in [0, 0.1) is 0 Å². The summed E-state index contributed by atoms with van der Waals surface area (Å²) in [7, 11) is 0. The highest BCUT2D eigenvalue weighted by atomic mass is 16.1. The molecule has 3 nitrogen and oxygen atoms in total. The molecule has 0 aliphatic rings. The first-order valence-electron chi connectivity index (χ1n) is 6.64. The Morgan fingerprint density at radius 3 is 2.45 bits per heavy atom. The molecule has 0 spiro atoms. The molecule has 1 atom stereocenters. The number of nitrogens with zero attached hydrogens (tertiary/aromatic N) is 1. The quantitative estimate of drug-likeness (QED) is 0.773. The van der Waals surface area contributed by atoms with E-state index < -0.39 is 0 Å². The average molecular weight is 264 g/mol. The normalized spacial score (nSPS) is 12.5. The zero-order valence-electron chi connectivity index (χ0n) is 11.3. The van der Waals surface area contributed by atoms with Gasteiger partial charge in [-0.05, 0) is 36.2 Å². The highest BCUT2D eigenvalue weighted by molar-refractivity contribution is 5.68. The Balaban J connectivity index is 2.40. The van der Waals surface area contributed by atoms with Crippen LogP contribution in [0.1, 0.15) is 18.5 Å². The zero-order chi connectivity index (χ0) is 14.1. The second-order valence-corrected chi connectivity index (χ2v) is 4.93. The molecular weight excluding hydrogens is 248 g/mol. The highest BCUT2D eigenvalue weighted by Gasteiger charge is 2.12. The number of hydrogen-bond acceptors (Lipinski definition) is 2. The molecule has 0 fully saturated rings. The monoisotopic (exact) mass is 264 g/mol. The molecule has 0 aliphatic carbocycles. The first kappa shape index (κ1) is 12.6. The predicted molar refractivity (Wildman–Crippen MR) is 81.7 cm³/mol. The molecule has 3 heteroatoms. The van der Waals surface area contributed by atoms with Crippen molar-refractivity contribution in [1.82, 2.24) is 4.40 Å². The minimum Gasteiger partial charge on any atom is -0.324 e. The first-order chi connectivity index (χ1) is 9.68. The number of hydrogen-bond donors (Lipinski definition) is 1. The van der Waals surface area contributed by atoms with Crippen molar-refractivity contribution in [2.75, 3.05) is 0 Å². The third-order valence-corrected chi connectivity index (χ3v) is 3.48. The van der Waals surface area contributed by atoms with Crippen LogP contribution >= 0.6 is 0 Å². The molecule has 3 rings (SSSR count). The van der Waals surface area contributed by atoms with Crippen molar-refractivity contribution in [3.05, 3.63) is 76.7 Å². The van der Waals surface area contributed by atoms with E-state index in [9.17, 15) is 4.79 Å². The molecular formula is C17H16N2O. The van der Waals surface area contributed by atoms with Gasteiger partial charge in [0.2, 0.25) is 0 Å². The molecule has 3 aromatic rings. The second kappa shape index (κ2) is 4.94. The van der Waals surface area contributed by atoms with Crippen LogP contribution in [0.15, 0.2) is 65.6 Å². The van der Waals surface area contributed by atoms with E-state index in [1.165, 1.54) is 0 Å². The van der Waals surface area contributed by atoms with Gasteiger partial charge in [0, 0.05) is 17.8 Å². The van der Waals surface area contributed by atoms with E-state index in [-0.39, 0.29) is 11.6 Å². The van der Waals surface area contributed by atoms with Crippen molar-refractivity contribution in [1.29, 1.82) is 0 Å². The Bertz CT molecular complexity index is 804. The molecule has 0 aliphatic heterocycles.